The van der Waals surface area contributed by atoms with Crippen LogP contribution >= 0.6 is 0 Å². The largest absolute Gasteiger partial charge is 0.484 e. The quantitative estimate of drug-likeness (QED) is 0.657. The molecule has 1 saturated heterocycles. The van der Waals surface area contributed by atoms with Gasteiger partial charge in [-0.25, -0.2) is 0 Å². The molecule has 3 rings (SSSR count). The predicted octanol–water partition coefficient (Wildman–Crippen LogP) is 2.02. The van der Waals surface area contributed by atoms with Crippen LogP contribution in [0.3, 0.4) is 0 Å². The second-order valence-corrected chi connectivity index (χ2v) is 8.21. The van der Waals surface area contributed by atoms with E-state index in [-0.39, 0.29) is 36.3 Å². The number of amides is 3. The topological polar surface area (TPSA) is 101 Å². The van der Waals surface area contributed by atoms with Crippen molar-refractivity contribution in [2.24, 2.45) is 5.92 Å². The summed E-state index contributed by atoms with van der Waals surface area (Å²) in [5.74, 6) is -0.0603. The molecule has 0 spiro atoms. The maximum absolute atomic E-state index is 13.1. The molecule has 1 aromatic heterocycles. The molecular formula is C24H30N4O4. The Morgan fingerprint density at radius 1 is 1.09 bits per heavy atom. The summed E-state index contributed by atoms with van der Waals surface area (Å²) in [5, 5.41) is 5.82. The van der Waals surface area contributed by atoms with Crippen molar-refractivity contribution in [3.8, 4) is 5.75 Å². The molecular weight excluding hydrogens is 408 g/mol. The van der Waals surface area contributed by atoms with Crippen molar-refractivity contribution in [1.29, 1.82) is 0 Å². The Kier molecular flexibility index (Phi) is 8.19. The van der Waals surface area contributed by atoms with Crippen LogP contribution in [-0.4, -0.2) is 59.4 Å². The van der Waals surface area contributed by atoms with Gasteiger partial charge in [0.25, 0.3) is 11.8 Å². The van der Waals surface area contributed by atoms with Gasteiger partial charge in [0.2, 0.25) is 5.91 Å². The zero-order valence-electron chi connectivity index (χ0n) is 18.5. The Morgan fingerprint density at radius 3 is 2.44 bits per heavy atom. The summed E-state index contributed by atoms with van der Waals surface area (Å²) >= 11 is 0. The van der Waals surface area contributed by atoms with E-state index in [1.54, 1.807) is 35.4 Å². The summed E-state index contributed by atoms with van der Waals surface area (Å²) in [6.07, 6.45) is 4.48. The van der Waals surface area contributed by atoms with Gasteiger partial charge in [0.15, 0.2) is 6.61 Å². The molecule has 2 heterocycles. The molecule has 1 unspecified atom stereocenters. The summed E-state index contributed by atoms with van der Waals surface area (Å²) in [7, 11) is 0. The molecule has 8 heteroatoms. The summed E-state index contributed by atoms with van der Waals surface area (Å²) in [5.41, 5.74) is 0.520. The Morgan fingerprint density at radius 2 is 1.81 bits per heavy atom. The molecule has 1 fully saturated rings. The van der Waals surface area contributed by atoms with E-state index < -0.39 is 6.04 Å². The number of para-hydroxylation sites is 1. The average Bonchev–Trinajstić information content (AvgIpc) is 2.82. The van der Waals surface area contributed by atoms with Crippen LogP contribution in [0, 0.1) is 5.92 Å². The van der Waals surface area contributed by atoms with E-state index in [1.807, 2.05) is 32.0 Å². The van der Waals surface area contributed by atoms with E-state index in [0.29, 0.717) is 37.2 Å². The van der Waals surface area contributed by atoms with Crippen LogP contribution in [0.2, 0.25) is 0 Å². The van der Waals surface area contributed by atoms with E-state index in [9.17, 15) is 14.4 Å². The normalized spacial score (nSPS) is 15.2. The minimum Gasteiger partial charge on any atom is -0.484 e. The lowest BCUT2D eigenvalue weighted by Crippen LogP contribution is -2.55. The molecule has 1 atom stereocenters. The lowest BCUT2D eigenvalue weighted by molar-refractivity contribution is -0.139. The molecule has 0 radical (unpaired) electrons. The molecule has 0 aliphatic carbocycles. The number of pyridine rings is 1. The third-order valence-corrected chi connectivity index (χ3v) is 5.43. The van der Waals surface area contributed by atoms with Crippen molar-refractivity contribution >= 4 is 17.7 Å². The molecule has 0 saturated carbocycles. The first kappa shape index (κ1) is 23.2. The first-order valence-electron chi connectivity index (χ1n) is 10.9. The zero-order chi connectivity index (χ0) is 22.9. The third kappa shape index (κ3) is 6.54. The molecule has 32 heavy (non-hydrogen) atoms. The van der Waals surface area contributed by atoms with Gasteiger partial charge < -0.3 is 20.3 Å². The van der Waals surface area contributed by atoms with Gasteiger partial charge in [0, 0.05) is 31.5 Å². The van der Waals surface area contributed by atoms with E-state index in [4.69, 9.17) is 4.74 Å². The Hall–Kier alpha value is -3.42. The maximum atomic E-state index is 13.1. The third-order valence-electron chi connectivity index (χ3n) is 5.43. The highest BCUT2D eigenvalue weighted by atomic mass is 16.5. The number of aromatic nitrogens is 1. The predicted molar refractivity (Wildman–Crippen MR) is 120 cm³/mol. The van der Waals surface area contributed by atoms with Crippen molar-refractivity contribution in [1.82, 2.24) is 20.5 Å². The highest BCUT2D eigenvalue weighted by Gasteiger charge is 2.31. The van der Waals surface area contributed by atoms with Gasteiger partial charge >= 0.3 is 0 Å². The van der Waals surface area contributed by atoms with Crippen LogP contribution in [0.15, 0.2) is 54.9 Å². The standard InChI is InChI=1S/C24H30N4O4/c1-17(2)22(27-21(29)16-32-20-8-4-3-5-9-20)24(31)28-13-10-19(11-14-28)26-23(30)18-7-6-12-25-15-18/h3-9,12,15,17,19,22H,10-11,13-14,16H2,1-2H3,(H,26,30)(H,27,29). The molecule has 1 aliphatic rings. The van der Waals surface area contributed by atoms with Gasteiger partial charge in [-0.05, 0) is 43.0 Å². The fourth-order valence-corrected chi connectivity index (χ4v) is 3.60. The van der Waals surface area contributed by atoms with Gasteiger partial charge in [0.1, 0.15) is 11.8 Å². The first-order chi connectivity index (χ1) is 15.4. The van der Waals surface area contributed by atoms with Crippen LogP contribution in [0.4, 0.5) is 0 Å². The van der Waals surface area contributed by atoms with Crippen LogP contribution < -0.4 is 15.4 Å². The number of piperidine rings is 1. The molecule has 8 nitrogen and oxygen atoms in total. The Balaban J connectivity index is 1.48. The minimum absolute atomic E-state index is 0.00174. The number of likely N-dealkylation sites (tertiary alicyclic amines) is 1. The van der Waals surface area contributed by atoms with Crippen molar-refractivity contribution in [3.05, 3.63) is 60.4 Å². The lowest BCUT2D eigenvalue weighted by Gasteiger charge is -2.35. The highest BCUT2D eigenvalue weighted by molar-refractivity contribution is 5.94. The SMILES string of the molecule is CC(C)C(NC(=O)COc1ccccc1)C(=O)N1CCC(NC(=O)c2cccnc2)CC1. The van der Waals surface area contributed by atoms with Gasteiger partial charge in [-0.3, -0.25) is 19.4 Å². The number of nitrogens with zero attached hydrogens (tertiary/aromatic N) is 2. The van der Waals surface area contributed by atoms with E-state index >= 15 is 0 Å². The summed E-state index contributed by atoms with van der Waals surface area (Å²) in [6, 6.07) is 11.9. The first-order valence-corrected chi connectivity index (χ1v) is 10.9. The summed E-state index contributed by atoms with van der Waals surface area (Å²) in [6.45, 7) is 4.71. The minimum atomic E-state index is -0.622. The molecule has 1 aromatic carbocycles. The number of rotatable bonds is 8. The zero-order valence-corrected chi connectivity index (χ0v) is 18.5. The lowest BCUT2D eigenvalue weighted by atomic mass is 9.99. The number of nitrogens with one attached hydrogen (secondary N) is 2. The monoisotopic (exact) mass is 438 g/mol. The number of carbonyl (C=O) groups excluding carboxylic acids is 3. The number of carbonyl (C=O) groups is 3. The van der Waals surface area contributed by atoms with E-state index in [2.05, 4.69) is 15.6 Å². The van der Waals surface area contributed by atoms with Crippen molar-refractivity contribution < 1.29 is 19.1 Å². The van der Waals surface area contributed by atoms with Gasteiger partial charge in [-0.15, -0.1) is 0 Å². The fourth-order valence-electron chi connectivity index (χ4n) is 3.60. The van der Waals surface area contributed by atoms with Crippen LogP contribution in [0.1, 0.15) is 37.0 Å². The van der Waals surface area contributed by atoms with E-state index in [1.165, 1.54) is 6.20 Å². The number of hydrogen-bond donors (Lipinski definition) is 2. The second kappa shape index (κ2) is 11.3. The molecule has 3 amide bonds. The number of hydrogen-bond acceptors (Lipinski definition) is 5. The smallest absolute Gasteiger partial charge is 0.258 e. The van der Waals surface area contributed by atoms with Gasteiger partial charge in [-0.1, -0.05) is 32.0 Å². The van der Waals surface area contributed by atoms with Crippen LogP contribution in [-0.2, 0) is 9.59 Å². The molecule has 2 N–H and O–H groups in total. The average molecular weight is 439 g/mol. The maximum Gasteiger partial charge on any atom is 0.258 e. The Bertz CT molecular complexity index is 897. The van der Waals surface area contributed by atoms with Crippen molar-refractivity contribution in [2.45, 2.75) is 38.8 Å². The molecule has 2 aromatic rings. The van der Waals surface area contributed by atoms with Gasteiger partial charge in [0.05, 0.1) is 5.56 Å². The van der Waals surface area contributed by atoms with Crippen molar-refractivity contribution in [3.63, 3.8) is 0 Å². The Labute approximate surface area is 188 Å². The summed E-state index contributed by atoms with van der Waals surface area (Å²) in [4.78, 5) is 43.5. The van der Waals surface area contributed by atoms with Crippen LogP contribution in [0.5, 0.6) is 5.75 Å². The highest BCUT2D eigenvalue weighted by Crippen LogP contribution is 2.15. The van der Waals surface area contributed by atoms with Crippen LogP contribution in [0.25, 0.3) is 0 Å². The fraction of sp³-hybridized carbons (Fsp3) is 0.417. The number of ether oxygens (including phenoxy) is 1. The molecule has 0 bridgehead atoms. The van der Waals surface area contributed by atoms with Crippen molar-refractivity contribution in [2.75, 3.05) is 19.7 Å². The van der Waals surface area contributed by atoms with E-state index in [0.717, 1.165) is 0 Å². The number of benzene rings is 1. The molecule has 170 valence electrons. The summed E-state index contributed by atoms with van der Waals surface area (Å²) < 4.78 is 5.48. The molecule has 1 aliphatic heterocycles. The second-order valence-electron chi connectivity index (χ2n) is 8.21. The van der Waals surface area contributed by atoms with Gasteiger partial charge in [-0.2, -0.15) is 0 Å².